The maximum Gasteiger partial charge on any atom is 0.255 e. The van der Waals surface area contributed by atoms with Gasteiger partial charge < -0.3 is 4.90 Å². The highest BCUT2D eigenvalue weighted by atomic mass is 35.5. The second kappa shape index (κ2) is 6.68. The topological polar surface area (TPSA) is 46.1 Å². The van der Waals surface area contributed by atoms with E-state index >= 15 is 0 Å². The van der Waals surface area contributed by atoms with E-state index in [0.717, 1.165) is 5.56 Å². The van der Waals surface area contributed by atoms with Crippen molar-refractivity contribution in [2.24, 2.45) is 0 Å². The molecule has 104 valence electrons. The van der Waals surface area contributed by atoms with Gasteiger partial charge in [0.2, 0.25) is 0 Å². The summed E-state index contributed by atoms with van der Waals surface area (Å²) >= 11 is 11.8. The van der Waals surface area contributed by atoms with E-state index < -0.39 is 0 Å². The fourth-order valence-corrected chi connectivity index (χ4v) is 2.13. The average molecular weight is 310 g/mol. The first kappa shape index (κ1) is 14.8. The van der Waals surface area contributed by atoms with Crippen molar-refractivity contribution in [2.75, 3.05) is 6.54 Å². The molecule has 6 heteroatoms. The lowest BCUT2D eigenvalue weighted by atomic mass is 10.2. The normalized spacial score (nSPS) is 10.3. The van der Waals surface area contributed by atoms with Crippen molar-refractivity contribution in [1.82, 2.24) is 14.9 Å². The molecule has 1 amide bonds. The van der Waals surface area contributed by atoms with Crippen molar-refractivity contribution in [3.63, 3.8) is 0 Å². The van der Waals surface area contributed by atoms with Gasteiger partial charge in [0.25, 0.3) is 5.91 Å². The predicted molar refractivity (Wildman–Crippen MR) is 78.9 cm³/mol. The number of rotatable bonds is 4. The molecular weight excluding hydrogens is 297 g/mol. The van der Waals surface area contributed by atoms with Gasteiger partial charge in [0.1, 0.15) is 5.15 Å². The molecule has 4 nitrogen and oxygen atoms in total. The molecule has 0 N–H and O–H groups in total. The number of carbonyl (C=O) groups excluding carboxylic acids is 1. The Labute approximate surface area is 127 Å². The standard InChI is InChI=1S/C14H13Cl2N3O/c1-2-19(9-10-3-5-17-6-4-10)14(20)11-7-13(16)18-8-12(11)15/h3-8H,2,9H2,1H3. The van der Waals surface area contributed by atoms with Gasteiger partial charge in [-0.15, -0.1) is 0 Å². The molecule has 0 saturated heterocycles. The second-order valence-corrected chi connectivity index (χ2v) is 4.96. The fourth-order valence-electron chi connectivity index (χ4n) is 1.78. The van der Waals surface area contributed by atoms with Crippen LogP contribution in [0.5, 0.6) is 0 Å². The maximum atomic E-state index is 12.5. The van der Waals surface area contributed by atoms with Gasteiger partial charge in [0.05, 0.1) is 10.6 Å². The fraction of sp³-hybridized carbons (Fsp3) is 0.214. The minimum Gasteiger partial charge on any atom is -0.335 e. The zero-order valence-corrected chi connectivity index (χ0v) is 12.4. The molecule has 0 aliphatic rings. The monoisotopic (exact) mass is 309 g/mol. The van der Waals surface area contributed by atoms with E-state index in [1.54, 1.807) is 17.3 Å². The van der Waals surface area contributed by atoms with Crippen molar-refractivity contribution >= 4 is 29.1 Å². The number of nitrogens with zero attached hydrogens (tertiary/aromatic N) is 3. The van der Waals surface area contributed by atoms with Crippen LogP contribution < -0.4 is 0 Å². The molecule has 2 heterocycles. The highest BCUT2D eigenvalue weighted by molar-refractivity contribution is 6.35. The Morgan fingerprint density at radius 3 is 2.65 bits per heavy atom. The first-order valence-electron chi connectivity index (χ1n) is 6.11. The van der Waals surface area contributed by atoms with Crippen LogP contribution >= 0.6 is 23.2 Å². The summed E-state index contributed by atoms with van der Waals surface area (Å²) in [5.41, 5.74) is 1.37. The van der Waals surface area contributed by atoms with E-state index in [1.807, 2.05) is 19.1 Å². The van der Waals surface area contributed by atoms with E-state index in [9.17, 15) is 4.79 Å². The molecule has 0 bridgehead atoms. The number of halogens is 2. The van der Waals surface area contributed by atoms with Crippen molar-refractivity contribution in [3.05, 3.63) is 58.1 Å². The largest absolute Gasteiger partial charge is 0.335 e. The number of aromatic nitrogens is 2. The van der Waals surface area contributed by atoms with E-state index in [-0.39, 0.29) is 11.1 Å². The van der Waals surface area contributed by atoms with Gasteiger partial charge in [-0.1, -0.05) is 23.2 Å². The third-order valence-corrected chi connectivity index (χ3v) is 3.35. The third-order valence-electron chi connectivity index (χ3n) is 2.84. The number of amides is 1. The van der Waals surface area contributed by atoms with Crippen LogP contribution in [-0.4, -0.2) is 27.3 Å². The molecule has 0 fully saturated rings. The summed E-state index contributed by atoms with van der Waals surface area (Å²) < 4.78 is 0. The van der Waals surface area contributed by atoms with Gasteiger partial charge in [-0.2, -0.15) is 0 Å². The van der Waals surface area contributed by atoms with Crippen molar-refractivity contribution in [2.45, 2.75) is 13.5 Å². The highest BCUT2D eigenvalue weighted by Gasteiger charge is 2.18. The average Bonchev–Trinajstić information content (AvgIpc) is 2.47. The van der Waals surface area contributed by atoms with Gasteiger partial charge >= 0.3 is 0 Å². The summed E-state index contributed by atoms with van der Waals surface area (Å²) in [6.45, 7) is 2.97. The quantitative estimate of drug-likeness (QED) is 0.813. The van der Waals surface area contributed by atoms with E-state index in [4.69, 9.17) is 23.2 Å². The molecule has 0 atom stereocenters. The van der Waals surface area contributed by atoms with Crippen LogP contribution in [0.15, 0.2) is 36.8 Å². The zero-order chi connectivity index (χ0) is 14.5. The van der Waals surface area contributed by atoms with Crippen LogP contribution in [0.1, 0.15) is 22.8 Å². The zero-order valence-electron chi connectivity index (χ0n) is 10.9. The molecular formula is C14H13Cl2N3O. The molecule has 2 aromatic heterocycles. The number of carbonyl (C=O) groups is 1. The SMILES string of the molecule is CCN(Cc1ccncc1)C(=O)c1cc(Cl)ncc1Cl. The summed E-state index contributed by atoms with van der Waals surface area (Å²) in [5.74, 6) is -0.168. The molecule has 0 saturated carbocycles. The minimum atomic E-state index is -0.168. The van der Waals surface area contributed by atoms with Crippen LogP contribution in [0.2, 0.25) is 10.2 Å². The van der Waals surface area contributed by atoms with Crippen molar-refractivity contribution in [1.29, 1.82) is 0 Å². The lowest BCUT2D eigenvalue weighted by Crippen LogP contribution is -2.30. The van der Waals surface area contributed by atoms with Gasteiger partial charge in [-0.25, -0.2) is 4.98 Å². The number of hydrogen-bond donors (Lipinski definition) is 0. The smallest absolute Gasteiger partial charge is 0.255 e. The number of pyridine rings is 2. The Bertz CT molecular complexity index is 605. The molecule has 2 rings (SSSR count). The Morgan fingerprint density at radius 2 is 2.00 bits per heavy atom. The second-order valence-electron chi connectivity index (χ2n) is 4.16. The van der Waals surface area contributed by atoms with E-state index in [0.29, 0.717) is 23.7 Å². The maximum absolute atomic E-state index is 12.5. The lowest BCUT2D eigenvalue weighted by Gasteiger charge is -2.21. The summed E-state index contributed by atoms with van der Waals surface area (Å²) in [7, 11) is 0. The Morgan fingerprint density at radius 1 is 1.30 bits per heavy atom. The van der Waals surface area contributed by atoms with Crippen LogP contribution in [0.25, 0.3) is 0 Å². The van der Waals surface area contributed by atoms with Crippen molar-refractivity contribution in [3.8, 4) is 0 Å². The first-order chi connectivity index (χ1) is 9.61. The molecule has 0 radical (unpaired) electrons. The molecule has 2 aromatic rings. The summed E-state index contributed by atoms with van der Waals surface area (Å²) in [6.07, 6.45) is 4.78. The molecule has 20 heavy (non-hydrogen) atoms. The summed E-state index contributed by atoms with van der Waals surface area (Å²) in [4.78, 5) is 22.0. The van der Waals surface area contributed by atoms with Crippen LogP contribution in [0.4, 0.5) is 0 Å². The Balaban J connectivity index is 2.23. The highest BCUT2D eigenvalue weighted by Crippen LogP contribution is 2.20. The molecule has 0 unspecified atom stereocenters. The molecule has 0 aliphatic carbocycles. The van der Waals surface area contributed by atoms with Crippen molar-refractivity contribution < 1.29 is 4.79 Å². The lowest BCUT2D eigenvalue weighted by molar-refractivity contribution is 0.0752. The summed E-state index contributed by atoms with van der Waals surface area (Å²) in [5, 5.41) is 0.547. The Hall–Kier alpha value is -1.65. The molecule has 0 aromatic carbocycles. The van der Waals surface area contributed by atoms with Gasteiger partial charge in [-0.3, -0.25) is 9.78 Å². The predicted octanol–water partition coefficient (Wildman–Crippen LogP) is 3.45. The first-order valence-corrected chi connectivity index (χ1v) is 6.86. The number of hydrogen-bond acceptors (Lipinski definition) is 3. The van der Waals surface area contributed by atoms with Gasteiger partial charge in [0, 0.05) is 31.7 Å². The van der Waals surface area contributed by atoms with Gasteiger partial charge in [0.15, 0.2) is 0 Å². The van der Waals surface area contributed by atoms with Crippen LogP contribution in [0, 0.1) is 0 Å². The van der Waals surface area contributed by atoms with Crippen LogP contribution in [0.3, 0.4) is 0 Å². The van der Waals surface area contributed by atoms with E-state index in [1.165, 1.54) is 12.3 Å². The minimum absolute atomic E-state index is 0.168. The Kier molecular flexibility index (Phi) is 4.93. The van der Waals surface area contributed by atoms with Gasteiger partial charge in [-0.05, 0) is 30.7 Å². The third kappa shape index (κ3) is 3.46. The molecule has 0 spiro atoms. The van der Waals surface area contributed by atoms with Crippen LogP contribution in [-0.2, 0) is 6.54 Å². The molecule has 0 aliphatic heterocycles. The summed E-state index contributed by atoms with van der Waals surface area (Å²) in [6, 6.07) is 5.23. The van der Waals surface area contributed by atoms with E-state index in [2.05, 4.69) is 9.97 Å².